The number of carbonyl (C=O) groups is 1. The van der Waals surface area contributed by atoms with Gasteiger partial charge >= 0.3 is 6.09 Å². The van der Waals surface area contributed by atoms with E-state index in [1.54, 1.807) is 20.2 Å². The molecule has 0 atom stereocenters. The fourth-order valence-electron chi connectivity index (χ4n) is 2.11. The van der Waals surface area contributed by atoms with Crippen LogP contribution < -0.4 is 15.4 Å². The van der Waals surface area contributed by atoms with E-state index in [1.807, 2.05) is 45.0 Å². The summed E-state index contributed by atoms with van der Waals surface area (Å²) in [5.41, 5.74) is 0.519. The number of aliphatic imine (C=N–C) groups is 1. The Balaban J connectivity index is 0.00000729. The average Bonchev–Trinajstić information content (AvgIpc) is 2.61. The number of hydrogen-bond donors (Lipinski definition) is 2. The molecule has 1 aromatic rings. The van der Waals surface area contributed by atoms with Gasteiger partial charge in [-0.25, -0.2) is 4.79 Å². The van der Waals surface area contributed by atoms with Gasteiger partial charge < -0.3 is 25.0 Å². The number of nitrogens with zero attached hydrogens (tertiary/aromatic N) is 2. The number of para-hydroxylation sites is 1. The summed E-state index contributed by atoms with van der Waals surface area (Å²) < 4.78 is 11.0. The summed E-state index contributed by atoms with van der Waals surface area (Å²) in [6.07, 6.45) is 1.37. The lowest BCUT2D eigenvalue weighted by Crippen LogP contribution is -2.42. The van der Waals surface area contributed by atoms with Gasteiger partial charge in [-0.1, -0.05) is 30.9 Å². The molecule has 0 radical (unpaired) electrons. The molecule has 0 saturated heterocycles. The Bertz CT molecular complexity index is 645. The fraction of sp³-hybridized carbons (Fsp3) is 0.500. The number of guanidine groups is 1. The van der Waals surface area contributed by atoms with E-state index in [-0.39, 0.29) is 30.1 Å². The van der Waals surface area contributed by atoms with Crippen molar-refractivity contribution in [1.82, 2.24) is 15.5 Å². The first-order chi connectivity index (χ1) is 12.8. The van der Waals surface area contributed by atoms with Crippen molar-refractivity contribution in [1.29, 1.82) is 0 Å². The van der Waals surface area contributed by atoms with Crippen molar-refractivity contribution in [3.63, 3.8) is 0 Å². The third-order valence-corrected chi connectivity index (χ3v) is 3.44. The molecule has 0 fully saturated rings. The third-order valence-electron chi connectivity index (χ3n) is 3.44. The van der Waals surface area contributed by atoms with Crippen LogP contribution in [0.5, 0.6) is 5.75 Å². The predicted molar refractivity (Wildman–Crippen MR) is 125 cm³/mol. The Morgan fingerprint density at radius 2 is 1.96 bits per heavy atom. The molecule has 0 aliphatic rings. The molecule has 0 aliphatic heterocycles. The van der Waals surface area contributed by atoms with E-state index in [2.05, 4.69) is 22.2 Å². The first kappa shape index (κ1) is 26.0. The summed E-state index contributed by atoms with van der Waals surface area (Å²) >= 11 is 0. The van der Waals surface area contributed by atoms with E-state index in [9.17, 15) is 4.79 Å². The van der Waals surface area contributed by atoms with Crippen LogP contribution >= 0.6 is 24.0 Å². The van der Waals surface area contributed by atoms with Crippen LogP contribution in [0.25, 0.3) is 0 Å². The number of hydrogen-bond acceptors (Lipinski definition) is 4. The molecule has 1 aromatic carbocycles. The number of ether oxygens (including phenoxy) is 2. The average molecular weight is 504 g/mol. The van der Waals surface area contributed by atoms with Crippen molar-refractivity contribution in [2.75, 3.05) is 33.8 Å². The lowest BCUT2D eigenvalue weighted by molar-refractivity contribution is 0.0302. The van der Waals surface area contributed by atoms with Crippen LogP contribution in [0, 0.1) is 0 Å². The van der Waals surface area contributed by atoms with E-state index in [0.29, 0.717) is 32.2 Å². The summed E-state index contributed by atoms with van der Waals surface area (Å²) in [6.45, 7) is 11.3. The van der Waals surface area contributed by atoms with Crippen LogP contribution in [0.2, 0.25) is 0 Å². The molecular formula is C20H33IN4O3. The summed E-state index contributed by atoms with van der Waals surface area (Å²) in [5.74, 6) is 1.45. The minimum Gasteiger partial charge on any atom is -0.489 e. The van der Waals surface area contributed by atoms with Gasteiger partial charge in [0.25, 0.3) is 0 Å². The zero-order valence-electron chi connectivity index (χ0n) is 17.4. The molecule has 0 spiro atoms. The molecule has 0 saturated carbocycles. The number of likely N-dealkylation sites (N-methyl/N-ethyl adjacent to an activating group) is 1. The second-order valence-electron chi connectivity index (χ2n) is 6.96. The van der Waals surface area contributed by atoms with Gasteiger partial charge in [0.1, 0.15) is 18.0 Å². The maximum absolute atomic E-state index is 11.9. The zero-order valence-corrected chi connectivity index (χ0v) is 19.8. The van der Waals surface area contributed by atoms with Crippen LogP contribution in [0.15, 0.2) is 41.9 Å². The molecule has 2 N–H and O–H groups in total. The van der Waals surface area contributed by atoms with Crippen LogP contribution in [0.4, 0.5) is 4.79 Å². The quantitative estimate of drug-likeness (QED) is 0.246. The van der Waals surface area contributed by atoms with Crippen molar-refractivity contribution < 1.29 is 14.3 Å². The molecule has 1 amide bonds. The Hall–Kier alpha value is -1.97. The molecule has 7 nitrogen and oxygen atoms in total. The van der Waals surface area contributed by atoms with Gasteiger partial charge in [0, 0.05) is 39.3 Å². The highest BCUT2D eigenvalue weighted by atomic mass is 127. The van der Waals surface area contributed by atoms with Gasteiger partial charge in [0.15, 0.2) is 5.96 Å². The Labute approximate surface area is 185 Å². The maximum atomic E-state index is 11.9. The van der Waals surface area contributed by atoms with Gasteiger partial charge in [-0.05, 0) is 26.8 Å². The minimum atomic E-state index is -0.503. The first-order valence-corrected chi connectivity index (χ1v) is 8.97. The fourth-order valence-corrected chi connectivity index (χ4v) is 2.11. The Morgan fingerprint density at radius 1 is 1.29 bits per heavy atom. The minimum absolute atomic E-state index is 0. The highest BCUT2D eigenvalue weighted by Crippen LogP contribution is 2.17. The molecule has 0 aliphatic carbocycles. The van der Waals surface area contributed by atoms with Crippen LogP contribution in [-0.2, 0) is 11.3 Å². The van der Waals surface area contributed by atoms with Gasteiger partial charge in [-0.3, -0.25) is 4.99 Å². The van der Waals surface area contributed by atoms with Crippen molar-refractivity contribution in [2.45, 2.75) is 32.9 Å². The number of carbonyl (C=O) groups excluding carboxylic acids is 1. The number of amides is 1. The van der Waals surface area contributed by atoms with Gasteiger partial charge in [0.05, 0.1) is 0 Å². The molecule has 0 aromatic heterocycles. The molecule has 158 valence electrons. The molecule has 28 heavy (non-hydrogen) atoms. The van der Waals surface area contributed by atoms with Crippen molar-refractivity contribution in [3.05, 3.63) is 42.5 Å². The molecule has 0 heterocycles. The van der Waals surface area contributed by atoms with E-state index in [1.165, 1.54) is 4.90 Å². The van der Waals surface area contributed by atoms with Gasteiger partial charge in [-0.2, -0.15) is 0 Å². The SMILES string of the molecule is C=CCOc1ccccc1CNC(=NC)NCCN(C)C(=O)OC(C)(C)C.I. The smallest absolute Gasteiger partial charge is 0.410 e. The summed E-state index contributed by atoms with van der Waals surface area (Å²) in [7, 11) is 3.41. The molecule has 0 bridgehead atoms. The van der Waals surface area contributed by atoms with Gasteiger partial charge in [-0.15, -0.1) is 24.0 Å². The van der Waals surface area contributed by atoms with E-state index in [4.69, 9.17) is 9.47 Å². The normalized spacial score (nSPS) is 11.1. The van der Waals surface area contributed by atoms with Crippen molar-refractivity contribution >= 4 is 36.0 Å². The maximum Gasteiger partial charge on any atom is 0.410 e. The first-order valence-electron chi connectivity index (χ1n) is 8.97. The Kier molecular flexibility index (Phi) is 12.3. The number of halogens is 1. The zero-order chi connectivity index (χ0) is 20.3. The molecular weight excluding hydrogens is 471 g/mol. The highest BCUT2D eigenvalue weighted by Gasteiger charge is 2.19. The molecule has 8 heteroatoms. The second kappa shape index (κ2) is 13.2. The largest absolute Gasteiger partial charge is 0.489 e. The van der Waals surface area contributed by atoms with Crippen molar-refractivity contribution in [3.8, 4) is 5.75 Å². The summed E-state index contributed by atoms with van der Waals surface area (Å²) in [4.78, 5) is 17.7. The van der Waals surface area contributed by atoms with Crippen LogP contribution in [0.1, 0.15) is 26.3 Å². The standard InChI is InChI=1S/C20H32N4O3.HI/c1-7-14-26-17-11-9-8-10-16(17)15-23-18(21-5)22-12-13-24(6)19(25)27-20(2,3)4;/h7-11H,1,12-15H2,2-6H3,(H2,21,22,23);1H. The Morgan fingerprint density at radius 3 is 2.57 bits per heavy atom. The summed E-state index contributed by atoms with van der Waals surface area (Å²) in [6, 6.07) is 7.81. The van der Waals surface area contributed by atoms with Crippen LogP contribution in [-0.4, -0.2) is 56.3 Å². The highest BCUT2D eigenvalue weighted by molar-refractivity contribution is 14.0. The topological polar surface area (TPSA) is 75.2 Å². The van der Waals surface area contributed by atoms with E-state index in [0.717, 1.165) is 11.3 Å². The van der Waals surface area contributed by atoms with Gasteiger partial charge in [0.2, 0.25) is 0 Å². The number of nitrogens with one attached hydrogen (secondary N) is 2. The monoisotopic (exact) mass is 504 g/mol. The molecule has 1 rings (SSSR count). The molecule has 0 unspecified atom stereocenters. The second-order valence-corrected chi connectivity index (χ2v) is 6.96. The third kappa shape index (κ3) is 10.4. The van der Waals surface area contributed by atoms with Crippen molar-refractivity contribution in [2.24, 2.45) is 4.99 Å². The number of rotatable bonds is 8. The lowest BCUT2D eigenvalue weighted by Gasteiger charge is -2.25. The lowest BCUT2D eigenvalue weighted by atomic mass is 10.2. The van der Waals surface area contributed by atoms with E-state index >= 15 is 0 Å². The number of benzene rings is 1. The summed E-state index contributed by atoms with van der Waals surface area (Å²) in [5, 5.41) is 6.43. The van der Waals surface area contributed by atoms with Crippen LogP contribution in [0.3, 0.4) is 0 Å². The van der Waals surface area contributed by atoms with E-state index < -0.39 is 5.60 Å². The predicted octanol–water partition coefficient (Wildman–Crippen LogP) is 3.40.